The summed E-state index contributed by atoms with van der Waals surface area (Å²) in [5, 5.41) is 12.2. The van der Waals surface area contributed by atoms with E-state index >= 15 is 0 Å². The second-order valence-electron chi connectivity index (χ2n) is 7.18. The van der Waals surface area contributed by atoms with Crippen molar-refractivity contribution < 1.29 is 14.4 Å². The summed E-state index contributed by atoms with van der Waals surface area (Å²) in [7, 11) is 0. The summed E-state index contributed by atoms with van der Waals surface area (Å²) in [5.74, 6) is 5.12. The zero-order valence-corrected chi connectivity index (χ0v) is 19.1. The van der Waals surface area contributed by atoms with Crippen LogP contribution >= 0.6 is 23.4 Å². The van der Waals surface area contributed by atoms with Gasteiger partial charge in [-0.3, -0.25) is 15.0 Å². The van der Waals surface area contributed by atoms with Crippen LogP contribution in [-0.2, 0) is 15.1 Å². The number of nitrogens with two attached hydrogens (primary N) is 1. The highest BCUT2D eigenvalue weighted by atomic mass is 35.5. The van der Waals surface area contributed by atoms with Crippen LogP contribution in [0.4, 0.5) is 4.79 Å². The number of hydrogen-bond acceptors (Lipinski definition) is 7. The number of urea groups is 1. The summed E-state index contributed by atoms with van der Waals surface area (Å²) < 4.78 is 1.23. The minimum Gasteiger partial charge on any atom is -0.335 e. The van der Waals surface area contributed by atoms with Crippen LogP contribution in [0.3, 0.4) is 0 Å². The van der Waals surface area contributed by atoms with Crippen molar-refractivity contribution >= 4 is 41.2 Å². The van der Waals surface area contributed by atoms with Gasteiger partial charge in [-0.2, -0.15) is 5.01 Å². The number of halogens is 1. The summed E-state index contributed by atoms with van der Waals surface area (Å²) in [6, 6.07) is 15.2. The van der Waals surface area contributed by atoms with Gasteiger partial charge in [0.2, 0.25) is 11.1 Å². The number of nitrogen functional groups attached to an aromatic ring is 1. The van der Waals surface area contributed by atoms with E-state index < -0.39 is 23.4 Å². The van der Waals surface area contributed by atoms with Crippen molar-refractivity contribution in [3.05, 3.63) is 65.2 Å². The van der Waals surface area contributed by atoms with Gasteiger partial charge in [-0.25, -0.2) is 9.47 Å². The smallest absolute Gasteiger partial charge is 0.335 e. The lowest BCUT2D eigenvalue weighted by atomic mass is 9.87. The molecule has 10 nitrogen and oxygen atoms in total. The van der Waals surface area contributed by atoms with E-state index in [-0.39, 0.29) is 10.9 Å². The third-order valence-corrected chi connectivity index (χ3v) is 6.51. The van der Waals surface area contributed by atoms with Gasteiger partial charge in [0.05, 0.1) is 10.8 Å². The molecule has 0 radical (unpaired) electrons. The van der Waals surface area contributed by atoms with Crippen molar-refractivity contribution in [3.63, 3.8) is 0 Å². The molecular weight excluding hydrogens is 466 g/mol. The van der Waals surface area contributed by atoms with Crippen LogP contribution < -0.4 is 16.6 Å². The number of imide groups is 1. The Labute approximate surface area is 198 Å². The topological polar surface area (TPSA) is 135 Å². The van der Waals surface area contributed by atoms with Gasteiger partial charge < -0.3 is 11.2 Å². The van der Waals surface area contributed by atoms with Gasteiger partial charge in [0.15, 0.2) is 5.82 Å². The second kappa shape index (κ2) is 9.12. The summed E-state index contributed by atoms with van der Waals surface area (Å²) >= 11 is 7.19. The van der Waals surface area contributed by atoms with Crippen LogP contribution in [0.1, 0.15) is 18.9 Å². The van der Waals surface area contributed by atoms with Gasteiger partial charge in [-0.15, -0.1) is 10.2 Å². The van der Waals surface area contributed by atoms with E-state index in [1.54, 1.807) is 55.5 Å². The largest absolute Gasteiger partial charge is 0.344 e. The normalized spacial score (nSPS) is 17.8. The molecular formula is C21H20ClN7O3S. The zero-order valence-electron chi connectivity index (χ0n) is 17.5. The molecule has 1 aromatic heterocycles. The number of rotatable bonds is 7. The highest BCUT2D eigenvalue weighted by molar-refractivity contribution is 7.99. The Morgan fingerprint density at radius 2 is 1.85 bits per heavy atom. The molecule has 4 N–H and O–H groups in total. The van der Waals surface area contributed by atoms with Crippen LogP contribution in [0.15, 0.2) is 59.8 Å². The van der Waals surface area contributed by atoms with Crippen molar-refractivity contribution in [1.82, 2.24) is 30.6 Å². The molecule has 33 heavy (non-hydrogen) atoms. The third kappa shape index (κ3) is 4.12. The van der Waals surface area contributed by atoms with Crippen LogP contribution in [-0.4, -0.2) is 43.5 Å². The number of hydrazine groups is 1. The lowest BCUT2D eigenvalue weighted by Gasteiger charge is -2.25. The maximum atomic E-state index is 13.1. The van der Waals surface area contributed by atoms with Gasteiger partial charge in [0, 0.05) is 5.56 Å². The number of benzene rings is 2. The number of amides is 4. The SMILES string of the molecule is CCC1(c2ccccc2)NC(=O)N(NC(=O)CSc2nnc(-c3ccccc3Cl)n2N)C1=O. The molecule has 12 heteroatoms. The molecule has 1 unspecified atom stereocenters. The molecule has 0 aliphatic carbocycles. The predicted octanol–water partition coefficient (Wildman–Crippen LogP) is 2.29. The molecule has 170 valence electrons. The number of carbonyl (C=O) groups is 3. The average Bonchev–Trinajstić information content (AvgIpc) is 3.31. The van der Waals surface area contributed by atoms with Gasteiger partial charge in [-0.1, -0.05) is 72.8 Å². The van der Waals surface area contributed by atoms with Gasteiger partial charge in [0.1, 0.15) is 5.54 Å². The van der Waals surface area contributed by atoms with E-state index in [2.05, 4.69) is 20.9 Å². The first-order valence-corrected chi connectivity index (χ1v) is 11.3. The number of carbonyl (C=O) groups excluding carboxylic acids is 3. The first-order chi connectivity index (χ1) is 15.9. The fourth-order valence-electron chi connectivity index (χ4n) is 3.53. The van der Waals surface area contributed by atoms with Crippen LogP contribution in [0.2, 0.25) is 5.02 Å². The minimum atomic E-state index is -1.24. The molecule has 0 saturated carbocycles. The molecule has 1 saturated heterocycles. The van der Waals surface area contributed by atoms with Gasteiger partial charge >= 0.3 is 6.03 Å². The summed E-state index contributed by atoms with van der Waals surface area (Å²) in [6.45, 7) is 1.79. The summed E-state index contributed by atoms with van der Waals surface area (Å²) in [6.07, 6.45) is 0.323. The molecule has 4 amide bonds. The lowest BCUT2D eigenvalue weighted by molar-refractivity contribution is -0.138. The minimum absolute atomic E-state index is 0.153. The number of aromatic nitrogens is 3. The van der Waals surface area contributed by atoms with Crippen molar-refractivity contribution in [2.45, 2.75) is 24.0 Å². The van der Waals surface area contributed by atoms with Crippen LogP contribution in [0, 0.1) is 0 Å². The van der Waals surface area contributed by atoms with E-state index in [4.69, 9.17) is 17.4 Å². The van der Waals surface area contributed by atoms with Crippen molar-refractivity contribution in [3.8, 4) is 11.4 Å². The van der Waals surface area contributed by atoms with E-state index in [1.807, 2.05) is 6.07 Å². The number of nitrogens with one attached hydrogen (secondary N) is 2. The fourth-order valence-corrected chi connectivity index (χ4v) is 4.40. The van der Waals surface area contributed by atoms with Gasteiger partial charge in [0.25, 0.3) is 5.91 Å². The molecule has 1 fully saturated rings. The number of nitrogens with zero attached hydrogens (tertiary/aromatic N) is 4. The van der Waals surface area contributed by atoms with Crippen molar-refractivity contribution in [2.24, 2.45) is 0 Å². The molecule has 1 aliphatic heterocycles. The monoisotopic (exact) mass is 485 g/mol. The maximum absolute atomic E-state index is 13.1. The van der Waals surface area contributed by atoms with E-state index in [0.29, 0.717) is 33.4 Å². The molecule has 0 bridgehead atoms. The fraction of sp³-hybridized carbons (Fsp3) is 0.190. The zero-order chi connectivity index (χ0) is 23.6. The number of hydrogen-bond donors (Lipinski definition) is 3. The predicted molar refractivity (Wildman–Crippen MR) is 123 cm³/mol. The highest BCUT2D eigenvalue weighted by Gasteiger charge is 2.52. The third-order valence-electron chi connectivity index (χ3n) is 5.24. The van der Waals surface area contributed by atoms with Crippen molar-refractivity contribution in [1.29, 1.82) is 0 Å². The highest BCUT2D eigenvalue weighted by Crippen LogP contribution is 2.32. The molecule has 1 atom stereocenters. The molecule has 0 spiro atoms. The first-order valence-electron chi connectivity index (χ1n) is 9.97. The van der Waals surface area contributed by atoms with Crippen LogP contribution in [0.25, 0.3) is 11.4 Å². The summed E-state index contributed by atoms with van der Waals surface area (Å²) in [5.41, 5.74) is 2.37. The molecule has 4 rings (SSSR count). The Hall–Kier alpha value is -3.57. The molecule has 1 aliphatic rings. The first kappa shape index (κ1) is 22.6. The second-order valence-corrected chi connectivity index (χ2v) is 8.53. The number of thioether (sulfide) groups is 1. The average molecular weight is 486 g/mol. The molecule has 2 aromatic carbocycles. The lowest BCUT2D eigenvalue weighted by Crippen LogP contribution is -2.49. The molecule has 2 heterocycles. The van der Waals surface area contributed by atoms with Gasteiger partial charge in [-0.05, 0) is 24.1 Å². The van der Waals surface area contributed by atoms with E-state index in [0.717, 1.165) is 11.8 Å². The van der Waals surface area contributed by atoms with Crippen LogP contribution in [0.5, 0.6) is 0 Å². The van der Waals surface area contributed by atoms with Crippen molar-refractivity contribution in [2.75, 3.05) is 11.6 Å². The van der Waals surface area contributed by atoms with E-state index in [1.165, 1.54) is 4.68 Å². The summed E-state index contributed by atoms with van der Waals surface area (Å²) in [4.78, 5) is 38.1. The Kier molecular flexibility index (Phi) is 6.25. The quantitative estimate of drug-likeness (QED) is 0.265. The maximum Gasteiger partial charge on any atom is 0.344 e. The Morgan fingerprint density at radius 3 is 2.55 bits per heavy atom. The Balaban J connectivity index is 1.43. The Morgan fingerprint density at radius 1 is 1.15 bits per heavy atom. The Bertz CT molecular complexity index is 1220. The standard InChI is InChI=1S/C21H20ClN7O3S/c1-2-21(13-8-4-3-5-9-13)18(31)29(19(32)24-21)27-16(30)12-33-20-26-25-17(28(20)23)14-10-6-7-11-15(14)22/h3-11H,2,12,23H2,1H3,(H,24,32)(H,27,30). The molecule has 3 aromatic rings. The van der Waals surface area contributed by atoms with E-state index in [9.17, 15) is 14.4 Å².